The molecule has 2 aromatic carbocycles. The lowest BCUT2D eigenvalue weighted by Crippen LogP contribution is -2.39. The van der Waals surface area contributed by atoms with Gasteiger partial charge in [-0.1, -0.05) is 12.1 Å². The van der Waals surface area contributed by atoms with Gasteiger partial charge in [0.05, 0.1) is 11.1 Å². The number of nitrogens with zero attached hydrogens (tertiary/aromatic N) is 4. The van der Waals surface area contributed by atoms with E-state index in [1.807, 2.05) is 54.4 Å². The Morgan fingerprint density at radius 3 is 2.31 bits per heavy atom. The third-order valence-electron chi connectivity index (χ3n) is 8.15. The molecule has 6 nitrogen and oxygen atoms in total. The summed E-state index contributed by atoms with van der Waals surface area (Å²) in [4.78, 5) is 17.6. The topological polar surface area (TPSA) is 53.4 Å². The van der Waals surface area contributed by atoms with Crippen LogP contribution in [0.4, 0.5) is 26.0 Å². The molecule has 1 saturated carbocycles. The zero-order chi connectivity index (χ0) is 24.2. The highest BCUT2D eigenvalue weighted by atomic mass is 19.3. The van der Waals surface area contributed by atoms with Gasteiger partial charge in [0.1, 0.15) is 0 Å². The van der Waals surface area contributed by atoms with Crippen LogP contribution in [0.15, 0.2) is 42.5 Å². The number of amides is 1. The molecule has 0 radical (unpaired) electrons. The number of rotatable bonds is 4. The Morgan fingerprint density at radius 2 is 1.60 bits per heavy atom. The molecule has 3 fully saturated rings. The third-order valence-corrected chi connectivity index (χ3v) is 8.15. The molecule has 3 heterocycles. The van der Waals surface area contributed by atoms with Crippen LogP contribution in [-0.2, 0) is 7.05 Å². The molecule has 0 atom stereocenters. The van der Waals surface area contributed by atoms with Gasteiger partial charge in [-0.2, -0.15) is 5.10 Å². The van der Waals surface area contributed by atoms with Gasteiger partial charge < -0.3 is 15.1 Å². The number of nitrogens with one attached hydrogen (secondary N) is 1. The van der Waals surface area contributed by atoms with Gasteiger partial charge in [-0.05, 0) is 61.4 Å². The second-order valence-corrected chi connectivity index (χ2v) is 10.5. The molecule has 35 heavy (non-hydrogen) atoms. The number of hydrogen-bond donors (Lipinski definition) is 1. The fourth-order valence-corrected chi connectivity index (χ4v) is 5.64. The summed E-state index contributed by atoms with van der Waals surface area (Å²) in [5.74, 6) is -2.06. The summed E-state index contributed by atoms with van der Waals surface area (Å²) in [5, 5.41) is 8.54. The molecule has 0 bridgehead atoms. The molecule has 0 unspecified atom stereocenters. The Kier molecular flexibility index (Phi) is 5.23. The molecular weight excluding hydrogens is 448 g/mol. The maximum absolute atomic E-state index is 13.7. The van der Waals surface area contributed by atoms with Crippen molar-refractivity contribution < 1.29 is 13.6 Å². The van der Waals surface area contributed by atoms with Gasteiger partial charge in [-0.3, -0.25) is 9.48 Å². The van der Waals surface area contributed by atoms with Gasteiger partial charge >= 0.3 is 0 Å². The number of anilines is 3. The number of fused-ring (bicyclic) bond motifs is 1. The molecule has 2 saturated heterocycles. The SMILES string of the molecule is Cn1nc(N2CCC(F)(F)CC2)c2cc(NC(=O)c3ccccc3N3CCC4(CC3)CC4)ccc21. The smallest absolute Gasteiger partial charge is 0.257 e. The van der Waals surface area contributed by atoms with E-state index >= 15 is 0 Å². The summed E-state index contributed by atoms with van der Waals surface area (Å²) in [6.45, 7) is 2.51. The summed E-state index contributed by atoms with van der Waals surface area (Å²) < 4.78 is 29.1. The number of hydrogen-bond acceptors (Lipinski definition) is 4. The van der Waals surface area contributed by atoms with Crippen LogP contribution in [-0.4, -0.2) is 47.8 Å². The normalized spacial score (nSPS) is 20.9. The summed E-state index contributed by atoms with van der Waals surface area (Å²) in [6.07, 6.45) is 4.76. The predicted molar refractivity (Wildman–Crippen MR) is 135 cm³/mol. The van der Waals surface area contributed by atoms with Crippen molar-refractivity contribution in [3.63, 3.8) is 0 Å². The highest BCUT2D eigenvalue weighted by molar-refractivity contribution is 6.09. The molecule has 3 aliphatic rings. The van der Waals surface area contributed by atoms with Crippen LogP contribution in [0, 0.1) is 5.41 Å². The minimum atomic E-state index is -2.61. The minimum Gasteiger partial charge on any atom is -0.371 e. The predicted octanol–water partition coefficient (Wildman–Crippen LogP) is 5.44. The molecule has 8 heteroatoms. The van der Waals surface area contributed by atoms with E-state index in [4.69, 9.17) is 0 Å². The Bertz CT molecular complexity index is 1260. The number of halogens is 2. The molecule has 3 aromatic rings. The highest BCUT2D eigenvalue weighted by Gasteiger charge is 2.44. The maximum Gasteiger partial charge on any atom is 0.257 e. The number of carbonyl (C=O) groups is 1. The monoisotopic (exact) mass is 479 g/mol. The fourth-order valence-electron chi connectivity index (χ4n) is 5.64. The van der Waals surface area contributed by atoms with Crippen molar-refractivity contribution in [3.8, 4) is 0 Å². The molecule has 1 spiro atoms. The van der Waals surface area contributed by atoms with Crippen molar-refractivity contribution in [2.75, 3.05) is 41.3 Å². The van der Waals surface area contributed by atoms with E-state index in [1.54, 1.807) is 4.68 Å². The van der Waals surface area contributed by atoms with E-state index in [2.05, 4.69) is 15.3 Å². The highest BCUT2D eigenvalue weighted by Crippen LogP contribution is 2.54. The molecule has 6 rings (SSSR count). The Balaban J connectivity index is 1.24. The second kappa shape index (κ2) is 8.21. The maximum atomic E-state index is 13.7. The zero-order valence-corrected chi connectivity index (χ0v) is 20.1. The molecular formula is C27H31F2N5O. The van der Waals surface area contributed by atoms with E-state index in [9.17, 15) is 13.6 Å². The number of carbonyl (C=O) groups excluding carboxylic acids is 1. The Hall–Kier alpha value is -3.16. The van der Waals surface area contributed by atoms with Crippen molar-refractivity contribution in [1.29, 1.82) is 0 Å². The van der Waals surface area contributed by atoms with E-state index in [-0.39, 0.29) is 31.8 Å². The largest absolute Gasteiger partial charge is 0.371 e. The third kappa shape index (κ3) is 4.23. The number of benzene rings is 2. The molecule has 1 N–H and O–H groups in total. The van der Waals surface area contributed by atoms with Crippen LogP contribution in [0.1, 0.15) is 48.9 Å². The van der Waals surface area contributed by atoms with Gasteiger partial charge in [-0.25, -0.2) is 8.78 Å². The lowest BCUT2D eigenvalue weighted by Gasteiger charge is -2.34. The van der Waals surface area contributed by atoms with Crippen LogP contribution in [0.3, 0.4) is 0 Å². The van der Waals surface area contributed by atoms with Crippen LogP contribution in [0.5, 0.6) is 0 Å². The summed E-state index contributed by atoms with van der Waals surface area (Å²) in [5.41, 5.74) is 3.80. The molecule has 2 aliphatic heterocycles. The first-order valence-electron chi connectivity index (χ1n) is 12.6. The zero-order valence-electron chi connectivity index (χ0n) is 20.1. The van der Waals surface area contributed by atoms with Crippen LogP contribution < -0.4 is 15.1 Å². The number of aryl methyl sites for hydroxylation is 1. The molecule has 1 aliphatic carbocycles. The van der Waals surface area contributed by atoms with Crippen LogP contribution in [0.2, 0.25) is 0 Å². The average Bonchev–Trinajstić information content (AvgIpc) is 3.53. The van der Waals surface area contributed by atoms with Crippen molar-refractivity contribution in [2.24, 2.45) is 12.5 Å². The van der Waals surface area contributed by atoms with Crippen molar-refractivity contribution in [3.05, 3.63) is 48.0 Å². The average molecular weight is 480 g/mol. The fraction of sp³-hybridized carbons (Fsp3) is 0.481. The van der Waals surface area contributed by atoms with Gasteiger partial charge in [0, 0.05) is 62.8 Å². The second-order valence-electron chi connectivity index (χ2n) is 10.5. The molecule has 184 valence electrons. The quantitative estimate of drug-likeness (QED) is 0.541. The number of aromatic nitrogens is 2. The number of piperidine rings is 2. The first kappa shape index (κ1) is 22.3. The van der Waals surface area contributed by atoms with Crippen molar-refractivity contribution in [2.45, 2.75) is 44.4 Å². The van der Waals surface area contributed by atoms with Gasteiger partial charge in [0.2, 0.25) is 0 Å². The lowest BCUT2D eigenvalue weighted by molar-refractivity contribution is -0.0221. The molecule has 1 amide bonds. The van der Waals surface area contributed by atoms with Crippen LogP contribution in [0.25, 0.3) is 10.9 Å². The van der Waals surface area contributed by atoms with Crippen molar-refractivity contribution in [1.82, 2.24) is 9.78 Å². The number of alkyl halides is 2. The van der Waals surface area contributed by atoms with E-state index in [0.29, 0.717) is 22.5 Å². The van der Waals surface area contributed by atoms with Gasteiger partial charge in [0.25, 0.3) is 11.8 Å². The van der Waals surface area contributed by atoms with E-state index in [1.165, 1.54) is 25.7 Å². The Labute approximate surface area is 203 Å². The van der Waals surface area contributed by atoms with Gasteiger partial charge in [0.15, 0.2) is 5.82 Å². The van der Waals surface area contributed by atoms with E-state index < -0.39 is 5.92 Å². The Morgan fingerprint density at radius 1 is 0.914 bits per heavy atom. The first-order chi connectivity index (χ1) is 16.8. The number of para-hydroxylation sites is 1. The summed E-state index contributed by atoms with van der Waals surface area (Å²) in [7, 11) is 1.85. The molecule has 1 aromatic heterocycles. The van der Waals surface area contributed by atoms with Crippen molar-refractivity contribution >= 4 is 34.0 Å². The summed E-state index contributed by atoms with van der Waals surface area (Å²) in [6, 6.07) is 13.5. The van der Waals surface area contributed by atoms with Crippen LogP contribution >= 0.6 is 0 Å². The minimum absolute atomic E-state index is 0.144. The van der Waals surface area contributed by atoms with Gasteiger partial charge in [-0.15, -0.1) is 0 Å². The summed E-state index contributed by atoms with van der Waals surface area (Å²) >= 11 is 0. The first-order valence-corrected chi connectivity index (χ1v) is 12.6. The van der Waals surface area contributed by atoms with E-state index in [0.717, 1.165) is 29.7 Å². The standard InChI is InChI=1S/C27H31F2N5O/c1-32-22-7-6-19(18-21(22)24(31-32)34-16-12-27(28,29)13-17-34)30-25(35)20-4-2-3-5-23(20)33-14-10-26(8-9-26)11-15-33/h2-7,18H,8-17H2,1H3,(H,30,35). The lowest BCUT2D eigenvalue weighted by atomic mass is 9.93.